The molecule has 6 nitrogen and oxygen atoms in total. The van der Waals surface area contributed by atoms with Crippen LogP contribution in [-0.4, -0.2) is 30.1 Å². The van der Waals surface area contributed by atoms with Gasteiger partial charge in [-0.3, -0.25) is 9.59 Å². The van der Waals surface area contributed by atoms with E-state index in [9.17, 15) is 9.59 Å². The number of hydrogen-bond acceptors (Lipinski definition) is 4. The first kappa shape index (κ1) is 17.8. The monoisotopic (exact) mass is 354 g/mol. The number of carbonyl (C=O) groups is 2. The molecule has 6 heteroatoms. The summed E-state index contributed by atoms with van der Waals surface area (Å²) in [6.45, 7) is 4.46. The summed E-state index contributed by atoms with van der Waals surface area (Å²) in [6.07, 6.45) is 0. The summed E-state index contributed by atoms with van der Waals surface area (Å²) in [5.74, 6) is 1.00. The van der Waals surface area contributed by atoms with Gasteiger partial charge in [-0.25, -0.2) is 0 Å². The second kappa shape index (κ2) is 7.91. The van der Waals surface area contributed by atoms with Crippen LogP contribution >= 0.6 is 0 Å². The molecule has 0 spiro atoms. The van der Waals surface area contributed by atoms with Crippen molar-refractivity contribution >= 4 is 11.8 Å². The van der Waals surface area contributed by atoms with Gasteiger partial charge in [0.1, 0.15) is 0 Å². The largest absolute Gasteiger partial charge is 0.454 e. The summed E-state index contributed by atoms with van der Waals surface area (Å²) in [4.78, 5) is 25.7. The van der Waals surface area contributed by atoms with E-state index in [1.807, 2.05) is 49.4 Å². The Kier molecular flexibility index (Phi) is 5.41. The lowest BCUT2D eigenvalue weighted by Gasteiger charge is -2.21. The maximum absolute atomic E-state index is 12.2. The highest BCUT2D eigenvalue weighted by molar-refractivity contribution is 5.83. The molecule has 136 valence electrons. The lowest BCUT2D eigenvalue weighted by molar-refractivity contribution is -0.135. The second-order valence-corrected chi connectivity index (χ2v) is 6.33. The Morgan fingerprint density at radius 3 is 2.65 bits per heavy atom. The zero-order chi connectivity index (χ0) is 18.5. The third-order valence-electron chi connectivity index (χ3n) is 4.16. The SMILES string of the molecule is CC(=O)N(CC(=O)NCc1cccc(C)c1)Cc1ccc2c(c1)OCO2. The van der Waals surface area contributed by atoms with Crippen LogP contribution in [0.25, 0.3) is 0 Å². The third kappa shape index (κ3) is 4.53. The number of rotatable bonds is 6. The van der Waals surface area contributed by atoms with E-state index >= 15 is 0 Å². The maximum atomic E-state index is 12.2. The summed E-state index contributed by atoms with van der Waals surface area (Å²) in [5, 5.41) is 2.86. The first-order valence-electron chi connectivity index (χ1n) is 8.47. The lowest BCUT2D eigenvalue weighted by atomic mass is 10.1. The Morgan fingerprint density at radius 2 is 1.88 bits per heavy atom. The molecule has 0 fully saturated rings. The molecule has 1 N–H and O–H groups in total. The molecule has 2 aromatic rings. The van der Waals surface area contributed by atoms with Crippen molar-refractivity contribution in [2.45, 2.75) is 26.9 Å². The van der Waals surface area contributed by atoms with E-state index in [1.165, 1.54) is 11.8 Å². The number of fused-ring (bicyclic) bond motifs is 1. The van der Waals surface area contributed by atoms with Gasteiger partial charge in [0.2, 0.25) is 18.6 Å². The highest BCUT2D eigenvalue weighted by Gasteiger charge is 2.17. The van der Waals surface area contributed by atoms with Crippen molar-refractivity contribution in [2.24, 2.45) is 0 Å². The van der Waals surface area contributed by atoms with Gasteiger partial charge in [0.05, 0.1) is 6.54 Å². The summed E-state index contributed by atoms with van der Waals surface area (Å²) in [7, 11) is 0. The Morgan fingerprint density at radius 1 is 1.08 bits per heavy atom. The lowest BCUT2D eigenvalue weighted by Crippen LogP contribution is -2.39. The summed E-state index contributed by atoms with van der Waals surface area (Å²) in [5.41, 5.74) is 3.06. The van der Waals surface area contributed by atoms with Gasteiger partial charge in [-0.15, -0.1) is 0 Å². The molecule has 2 amide bonds. The number of aryl methyl sites for hydroxylation is 1. The molecule has 1 heterocycles. The van der Waals surface area contributed by atoms with Crippen molar-refractivity contribution in [3.8, 4) is 11.5 Å². The zero-order valence-corrected chi connectivity index (χ0v) is 15.0. The van der Waals surface area contributed by atoms with Gasteiger partial charge < -0.3 is 19.7 Å². The molecule has 0 saturated heterocycles. The fraction of sp³-hybridized carbons (Fsp3) is 0.300. The van der Waals surface area contributed by atoms with E-state index in [1.54, 1.807) is 0 Å². The predicted molar refractivity (Wildman–Crippen MR) is 96.7 cm³/mol. The van der Waals surface area contributed by atoms with Gasteiger partial charge in [-0.2, -0.15) is 0 Å². The summed E-state index contributed by atoms with van der Waals surface area (Å²) in [6, 6.07) is 13.5. The fourth-order valence-electron chi connectivity index (χ4n) is 2.79. The molecule has 0 bridgehead atoms. The van der Waals surface area contributed by atoms with Crippen LogP contribution in [0.1, 0.15) is 23.6 Å². The number of hydrogen-bond donors (Lipinski definition) is 1. The molecule has 0 saturated carbocycles. The van der Waals surface area contributed by atoms with Gasteiger partial charge >= 0.3 is 0 Å². The average molecular weight is 354 g/mol. The molecular formula is C20H22N2O4. The molecule has 26 heavy (non-hydrogen) atoms. The van der Waals surface area contributed by atoms with Gasteiger partial charge in [0.15, 0.2) is 11.5 Å². The normalized spacial score (nSPS) is 11.9. The Balaban J connectivity index is 1.57. The van der Waals surface area contributed by atoms with Crippen LogP contribution in [-0.2, 0) is 22.7 Å². The first-order chi connectivity index (χ1) is 12.5. The van der Waals surface area contributed by atoms with Crippen LogP contribution < -0.4 is 14.8 Å². The molecule has 0 aromatic heterocycles. The van der Waals surface area contributed by atoms with Gasteiger partial charge in [-0.1, -0.05) is 35.9 Å². The number of amides is 2. The average Bonchev–Trinajstić information content (AvgIpc) is 3.07. The molecule has 3 rings (SSSR count). The Hall–Kier alpha value is -3.02. The van der Waals surface area contributed by atoms with Crippen molar-refractivity contribution in [1.82, 2.24) is 10.2 Å². The number of benzene rings is 2. The highest BCUT2D eigenvalue weighted by Crippen LogP contribution is 2.32. The van der Waals surface area contributed by atoms with Crippen molar-refractivity contribution in [3.63, 3.8) is 0 Å². The molecular weight excluding hydrogens is 332 g/mol. The number of nitrogens with one attached hydrogen (secondary N) is 1. The molecule has 0 atom stereocenters. The van der Waals surface area contributed by atoms with E-state index in [2.05, 4.69) is 5.32 Å². The minimum Gasteiger partial charge on any atom is -0.454 e. The standard InChI is InChI=1S/C20H22N2O4/c1-14-4-3-5-16(8-14)10-21-20(24)12-22(15(2)23)11-17-6-7-18-19(9-17)26-13-25-18/h3-9H,10-13H2,1-2H3,(H,21,24). The minimum absolute atomic E-state index is 0.00951. The minimum atomic E-state index is -0.192. The second-order valence-electron chi connectivity index (χ2n) is 6.33. The van der Waals surface area contributed by atoms with Gasteiger partial charge in [-0.05, 0) is 30.2 Å². The van der Waals surface area contributed by atoms with E-state index in [0.717, 1.165) is 16.7 Å². The summed E-state index contributed by atoms with van der Waals surface area (Å²) >= 11 is 0. The Bertz CT molecular complexity index is 819. The summed E-state index contributed by atoms with van der Waals surface area (Å²) < 4.78 is 10.6. The van der Waals surface area contributed by atoms with Crippen LogP contribution in [0.2, 0.25) is 0 Å². The molecule has 0 aliphatic carbocycles. The zero-order valence-electron chi connectivity index (χ0n) is 15.0. The van der Waals surface area contributed by atoms with Crippen molar-refractivity contribution in [3.05, 3.63) is 59.2 Å². The maximum Gasteiger partial charge on any atom is 0.239 e. The predicted octanol–water partition coefficient (Wildman–Crippen LogP) is 2.39. The number of nitrogens with zero attached hydrogens (tertiary/aromatic N) is 1. The van der Waals surface area contributed by atoms with Gasteiger partial charge in [0.25, 0.3) is 0 Å². The molecule has 0 unspecified atom stereocenters. The van der Waals surface area contributed by atoms with Crippen molar-refractivity contribution in [2.75, 3.05) is 13.3 Å². The topological polar surface area (TPSA) is 67.9 Å². The quantitative estimate of drug-likeness (QED) is 0.865. The van der Waals surface area contributed by atoms with Crippen molar-refractivity contribution < 1.29 is 19.1 Å². The number of ether oxygens (including phenoxy) is 2. The fourth-order valence-corrected chi connectivity index (χ4v) is 2.79. The molecule has 1 aliphatic heterocycles. The van der Waals surface area contributed by atoms with Gasteiger partial charge in [0, 0.05) is 20.0 Å². The van der Waals surface area contributed by atoms with E-state index in [4.69, 9.17) is 9.47 Å². The van der Waals surface area contributed by atoms with Crippen LogP contribution in [0.15, 0.2) is 42.5 Å². The van der Waals surface area contributed by atoms with Crippen LogP contribution in [0.3, 0.4) is 0 Å². The van der Waals surface area contributed by atoms with Crippen LogP contribution in [0, 0.1) is 6.92 Å². The van der Waals surface area contributed by atoms with Crippen LogP contribution in [0.4, 0.5) is 0 Å². The van der Waals surface area contributed by atoms with E-state index in [0.29, 0.717) is 24.6 Å². The number of carbonyl (C=O) groups excluding carboxylic acids is 2. The third-order valence-corrected chi connectivity index (χ3v) is 4.16. The highest BCUT2D eigenvalue weighted by atomic mass is 16.7. The van der Waals surface area contributed by atoms with E-state index in [-0.39, 0.29) is 25.2 Å². The van der Waals surface area contributed by atoms with Crippen molar-refractivity contribution in [1.29, 1.82) is 0 Å². The Labute approximate surface area is 152 Å². The molecule has 0 radical (unpaired) electrons. The molecule has 2 aromatic carbocycles. The first-order valence-corrected chi connectivity index (χ1v) is 8.47. The smallest absolute Gasteiger partial charge is 0.239 e. The molecule has 1 aliphatic rings. The van der Waals surface area contributed by atoms with Crippen LogP contribution in [0.5, 0.6) is 11.5 Å². The van der Waals surface area contributed by atoms with E-state index < -0.39 is 0 Å².